The van der Waals surface area contributed by atoms with E-state index in [0.29, 0.717) is 11.3 Å². The van der Waals surface area contributed by atoms with Crippen LogP contribution in [-0.4, -0.2) is 17.9 Å². The number of nitriles is 1. The van der Waals surface area contributed by atoms with Gasteiger partial charge < -0.3 is 10.1 Å². The second kappa shape index (κ2) is 9.68. The molecule has 156 valence electrons. The molecule has 0 aliphatic heterocycles. The fourth-order valence-electron chi connectivity index (χ4n) is 2.99. The van der Waals surface area contributed by atoms with Crippen molar-refractivity contribution in [1.29, 1.82) is 5.26 Å². The number of benzene rings is 3. The largest absolute Gasteiger partial charge is 0.425 e. The average Bonchev–Trinajstić information content (AvgIpc) is 2.78. The van der Waals surface area contributed by atoms with E-state index in [1.807, 2.05) is 12.1 Å². The number of carbonyl (C=O) groups excluding carboxylic acids is 2. The molecule has 1 atom stereocenters. The van der Waals surface area contributed by atoms with Gasteiger partial charge in [-0.2, -0.15) is 5.26 Å². The van der Waals surface area contributed by atoms with Gasteiger partial charge in [-0.3, -0.25) is 4.79 Å². The summed E-state index contributed by atoms with van der Waals surface area (Å²) in [7, 11) is 0. The molecule has 0 fully saturated rings. The molecule has 1 amide bonds. The van der Waals surface area contributed by atoms with Crippen LogP contribution in [0.2, 0.25) is 0 Å². The van der Waals surface area contributed by atoms with Crippen molar-refractivity contribution in [3.63, 3.8) is 0 Å². The van der Waals surface area contributed by atoms with E-state index in [-0.39, 0.29) is 11.5 Å². The zero-order chi connectivity index (χ0) is 22.4. The lowest BCUT2D eigenvalue weighted by Gasteiger charge is -2.21. The van der Waals surface area contributed by atoms with Crippen LogP contribution in [0.3, 0.4) is 0 Å². The second-order valence-electron chi connectivity index (χ2n) is 7.31. The molecule has 6 heteroatoms. The maximum Gasteiger partial charge on any atom is 0.334 e. The lowest BCUT2D eigenvalue weighted by molar-refractivity contribution is -0.137. The van der Waals surface area contributed by atoms with Gasteiger partial charge in [0.2, 0.25) is 0 Å². The SMILES string of the molecule is CC(C)[C@H](NC(=O)c1ccccc1F)C(=O)Oc1ccc(-c2ccc(C#N)cc2)cc1. The Morgan fingerprint density at radius 2 is 1.52 bits per heavy atom. The first kappa shape index (κ1) is 21.7. The minimum Gasteiger partial charge on any atom is -0.425 e. The number of hydrogen-bond donors (Lipinski definition) is 1. The molecule has 0 saturated heterocycles. The molecular weight excluding hydrogens is 395 g/mol. The highest BCUT2D eigenvalue weighted by Gasteiger charge is 2.27. The van der Waals surface area contributed by atoms with Gasteiger partial charge in [0.25, 0.3) is 5.91 Å². The Morgan fingerprint density at radius 1 is 0.935 bits per heavy atom. The predicted molar refractivity (Wildman–Crippen MR) is 115 cm³/mol. The molecule has 1 N–H and O–H groups in total. The molecule has 0 radical (unpaired) electrons. The van der Waals surface area contributed by atoms with E-state index < -0.39 is 23.7 Å². The average molecular weight is 416 g/mol. The minimum atomic E-state index is -0.940. The number of ether oxygens (including phenoxy) is 1. The van der Waals surface area contributed by atoms with E-state index in [1.54, 1.807) is 56.3 Å². The van der Waals surface area contributed by atoms with Gasteiger partial charge in [-0.1, -0.05) is 50.2 Å². The predicted octanol–water partition coefficient (Wildman–Crippen LogP) is 4.72. The summed E-state index contributed by atoms with van der Waals surface area (Å²) in [6, 6.07) is 20.8. The Bertz CT molecular complexity index is 1120. The second-order valence-corrected chi connectivity index (χ2v) is 7.31. The molecule has 0 spiro atoms. The molecule has 3 aromatic rings. The summed E-state index contributed by atoms with van der Waals surface area (Å²) >= 11 is 0. The number of hydrogen-bond acceptors (Lipinski definition) is 4. The molecule has 0 saturated carbocycles. The van der Waals surface area contributed by atoms with Crippen LogP contribution in [0.4, 0.5) is 4.39 Å². The first-order valence-corrected chi connectivity index (χ1v) is 9.76. The molecule has 3 aromatic carbocycles. The third kappa shape index (κ3) is 5.34. The van der Waals surface area contributed by atoms with Gasteiger partial charge >= 0.3 is 5.97 Å². The van der Waals surface area contributed by atoms with E-state index >= 15 is 0 Å². The van der Waals surface area contributed by atoms with Gasteiger partial charge in [-0.15, -0.1) is 0 Å². The number of rotatable bonds is 6. The highest BCUT2D eigenvalue weighted by Crippen LogP contribution is 2.23. The van der Waals surface area contributed by atoms with Gasteiger partial charge in [0.15, 0.2) is 0 Å². The van der Waals surface area contributed by atoms with E-state index in [2.05, 4.69) is 11.4 Å². The Hall–Kier alpha value is -3.98. The molecule has 31 heavy (non-hydrogen) atoms. The summed E-state index contributed by atoms with van der Waals surface area (Å²) in [6.45, 7) is 3.53. The van der Waals surface area contributed by atoms with Crippen LogP contribution in [0.15, 0.2) is 72.8 Å². The topological polar surface area (TPSA) is 79.2 Å². The highest BCUT2D eigenvalue weighted by molar-refractivity contribution is 5.97. The van der Waals surface area contributed by atoms with Crippen molar-refractivity contribution in [1.82, 2.24) is 5.32 Å². The Balaban J connectivity index is 1.69. The van der Waals surface area contributed by atoms with Gasteiger partial charge in [0.1, 0.15) is 17.6 Å². The van der Waals surface area contributed by atoms with E-state index in [4.69, 9.17) is 10.00 Å². The number of halogens is 1. The number of amides is 1. The van der Waals surface area contributed by atoms with Crippen LogP contribution >= 0.6 is 0 Å². The summed E-state index contributed by atoms with van der Waals surface area (Å²) in [5, 5.41) is 11.5. The van der Waals surface area contributed by atoms with Crippen molar-refractivity contribution in [2.24, 2.45) is 5.92 Å². The number of nitrogens with one attached hydrogen (secondary N) is 1. The Morgan fingerprint density at radius 3 is 2.06 bits per heavy atom. The molecule has 0 aliphatic rings. The third-order valence-corrected chi connectivity index (χ3v) is 4.75. The zero-order valence-electron chi connectivity index (χ0n) is 17.1. The minimum absolute atomic E-state index is 0.132. The molecule has 0 bridgehead atoms. The van der Waals surface area contributed by atoms with Crippen LogP contribution < -0.4 is 10.1 Å². The number of carbonyl (C=O) groups is 2. The summed E-state index contributed by atoms with van der Waals surface area (Å²) in [5.74, 6) is -1.90. The van der Waals surface area contributed by atoms with Crippen molar-refractivity contribution >= 4 is 11.9 Å². The highest BCUT2D eigenvalue weighted by atomic mass is 19.1. The first-order valence-electron chi connectivity index (χ1n) is 9.76. The summed E-state index contributed by atoms with van der Waals surface area (Å²) in [4.78, 5) is 25.1. The molecule has 0 aliphatic carbocycles. The summed E-state index contributed by atoms with van der Waals surface area (Å²) in [5.41, 5.74) is 2.27. The van der Waals surface area contributed by atoms with Crippen LogP contribution in [-0.2, 0) is 4.79 Å². The first-order chi connectivity index (χ1) is 14.9. The third-order valence-electron chi connectivity index (χ3n) is 4.75. The fourth-order valence-corrected chi connectivity index (χ4v) is 2.99. The van der Waals surface area contributed by atoms with Crippen molar-refractivity contribution in [2.45, 2.75) is 19.9 Å². The van der Waals surface area contributed by atoms with Crippen molar-refractivity contribution in [2.75, 3.05) is 0 Å². The van der Waals surface area contributed by atoms with Crippen molar-refractivity contribution < 1.29 is 18.7 Å². The molecule has 0 aromatic heterocycles. The Kier molecular flexibility index (Phi) is 6.78. The lowest BCUT2D eigenvalue weighted by Crippen LogP contribution is -2.46. The number of nitrogens with zero attached hydrogens (tertiary/aromatic N) is 1. The van der Waals surface area contributed by atoms with Crippen molar-refractivity contribution in [3.05, 3.63) is 89.7 Å². The maximum atomic E-state index is 13.9. The molecule has 3 rings (SSSR count). The van der Waals surface area contributed by atoms with Gasteiger partial charge in [-0.05, 0) is 53.4 Å². The van der Waals surface area contributed by atoms with Crippen molar-refractivity contribution in [3.8, 4) is 22.9 Å². The number of esters is 1. The smallest absolute Gasteiger partial charge is 0.334 e. The Labute approximate surface area is 180 Å². The van der Waals surface area contributed by atoms with Gasteiger partial charge in [-0.25, -0.2) is 9.18 Å². The summed E-state index contributed by atoms with van der Waals surface area (Å²) < 4.78 is 19.3. The monoisotopic (exact) mass is 416 g/mol. The normalized spacial score (nSPS) is 11.5. The van der Waals surface area contributed by atoms with E-state index in [0.717, 1.165) is 11.1 Å². The van der Waals surface area contributed by atoms with Crippen LogP contribution in [0, 0.1) is 23.1 Å². The molecular formula is C25H21FN2O3. The van der Waals surface area contributed by atoms with Crippen LogP contribution in [0.5, 0.6) is 5.75 Å². The summed E-state index contributed by atoms with van der Waals surface area (Å²) in [6.07, 6.45) is 0. The maximum absolute atomic E-state index is 13.9. The molecule has 0 heterocycles. The molecule has 0 unspecified atom stereocenters. The van der Waals surface area contributed by atoms with Crippen LogP contribution in [0.1, 0.15) is 29.8 Å². The van der Waals surface area contributed by atoms with Gasteiger partial charge in [0, 0.05) is 0 Å². The zero-order valence-corrected chi connectivity index (χ0v) is 17.1. The van der Waals surface area contributed by atoms with Crippen LogP contribution in [0.25, 0.3) is 11.1 Å². The quantitative estimate of drug-likeness (QED) is 0.466. The fraction of sp³-hybridized carbons (Fsp3) is 0.160. The standard InChI is InChI=1S/C25H21FN2O3/c1-16(2)23(28-24(29)21-5-3-4-6-22(21)26)25(30)31-20-13-11-19(12-14-20)18-9-7-17(15-27)8-10-18/h3-14,16,23H,1-2H3,(H,28,29)/t23-/m0/s1. The van der Waals surface area contributed by atoms with E-state index in [9.17, 15) is 14.0 Å². The lowest BCUT2D eigenvalue weighted by atomic mass is 10.0. The van der Waals surface area contributed by atoms with E-state index in [1.165, 1.54) is 18.2 Å². The van der Waals surface area contributed by atoms with Gasteiger partial charge in [0.05, 0.1) is 17.2 Å². The molecule has 5 nitrogen and oxygen atoms in total.